The predicted molar refractivity (Wildman–Crippen MR) is 137 cm³/mol. The van der Waals surface area contributed by atoms with Crippen LogP contribution in [0.1, 0.15) is 31.5 Å². The minimum Gasteiger partial charge on any atom is -0.480 e. The molecule has 3 amide bonds. The van der Waals surface area contributed by atoms with Gasteiger partial charge in [0.1, 0.15) is 18.1 Å². The zero-order chi connectivity index (χ0) is 26.7. The van der Waals surface area contributed by atoms with Gasteiger partial charge in [0.25, 0.3) is 0 Å². The molecule has 5 atom stereocenters. The van der Waals surface area contributed by atoms with Crippen LogP contribution in [0, 0.1) is 5.92 Å². The minimum atomic E-state index is -1.21. The van der Waals surface area contributed by atoms with Crippen LogP contribution in [0.4, 0.5) is 0 Å². The van der Waals surface area contributed by atoms with Gasteiger partial charge in [-0.25, -0.2) is 9.78 Å². The number of amides is 3. The summed E-state index contributed by atoms with van der Waals surface area (Å²) in [5.74, 6) is -3.24. The minimum absolute atomic E-state index is 0.0706. The van der Waals surface area contributed by atoms with E-state index in [1.165, 1.54) is 12.5 Å². The van der Waals surface area contributed by atoms with Gasteiger partial charge in [-0.05, 0) is 11.5 Å². The highest BCUT2D eigenvalue weighted by Crippen LogP contribution is 2.08. The van der Waals surface area contributed by atoms with Gasteiger partial charge >= 0.3 is 5.97 Å². The molecule has 0 spiro atoms. The molecule has 0 aliphatic carbocycles. The summed E-state index contributed by atoms with van der Waals surface area (Å²) in [5.41, 5.74) is 7.34. The zero-order valence-electron chi connectivity index (χ0n) is 20.3. The number of aromatic amines is 1. The molecule has 196 valence electrons. The van der Waals surface area contributed by atoms with E-state index in [-0.39, 0.29) is 24.5 Å². The van der Waals surface area contributed by atoms with Gasteiger partial charge in [0.05, 0.1) is 12.4 Å². The Balaban J connectivity index is 2.11. The molecule has 1 aromatic heterocycles. The van der Waals surface area contributed by atoms with Crippen LogP contribution in [0.5, 0.6) is 0 Å². The molecule has 0 saturated heterocycles. The van der Waals surface area contributed by atoms with E-state index in [2.05, 4.69) is 38.5 Å². The van der Waals surface area contributed by atoms with Crippen LogP contribution >= 0.6 is 12.6 Å². The third kappa shape index (κ3) is 8.68. The molecule has 0 aliphatic heterocycles. The van der Waals surface area contributed by atoms with Crippen LogP contribution < -0.4 is 21.7 Å². The normalized spacial score (nSPS) is 15.1. The summed E-state index contributed by atoms with van der Waals surface area (Å²) in [6.45, 7) is 3.74. The highest BCUT2D eigenvalue weighted by Gasteiger charge is 2.31. The second-order valence-corrected chi connectivity index (χ2v) is 8.95. The number of hydrogen-bond acceptors (Lipinski definition) is 7. The number of carboxylic acids is 1. The number of nitrogens with zero attached hydrogens (tertiary/aromatic N) is 1. The molecule has 2 rings (SSSR count). The fraction of sp³-hybridized carbons (Fsp3) is 0.458. The lowest BCUT2D eigenvalue weighted by Gasteiger charge is -2.25. The monoisotopic (exact) mass is 518 g/mol. The molecular formula is C24H34N6O5S. The smallest absolute Gasteiger partial charge is 0.326 e. The Labute approximate surface area is 215 Å². The lowest BCUT2D eigenvalue weighted by Crippen LogP contribution is -2.58. The maximum Gasteiger partial charge on any atom is 0.326 e. The molecule has 5 unspecified atom stereocenters. The van der Waals surface area contributed by atoms with E-state index in [1.54, 1.807) is 30.3 Å². The summed E-state index contributed by atoms with van der Waals surface area (Å²) in [4.78, 5) is 57.2. The number of carbonyl (C=O) groups is 4. The molecule has 1 aromatic carbocycles. The van der Waals surface area contributed by atoms with Gasteiger partial charge in [0, 0.05) is 30.5 Å². The Hall–Kier alpha value is -3.38. The van der Waals surface area contributed by atoms with Crippen molar-refractivity contribution in [1.82, 2.24) is 25.9 Å². The summed E-state index contributed by atoms with van der Waals surface area (Å²) in [7, 11) is 0. The van der Waals surface area contributed by atoms with Crippen molar-refractivity contribution in [3.8, 4) is 0 Å². The van der Waals surface area contributed by atoms with Gasteiger partial charge in [-0.15, -0.1) is 0 Å². The van der Waals surface area contributed by atoms with E-state index in [4.69, 9.17) is 5.73 Å². The van der Waals surface area contributed by atoms with Gasteiger partial charge in [-0.3, -0.25) is 14.4 Å². The zero-order valence-corrected chi connectivity index (χ0v) is 21.2. The number of nitrogens with two attached hydrogens (primary N) is 1. The van der Waals surface area contributed by atoms with E-state index in [1.807, 2.05) is 13.8 Å². The Morgan fingerprint density at radius 2 is 1.61 bits per heavy atom. The van der Waals surface area contributed by atoms with E-state index in [0.717, 1.165) is 5.56 Å². The third-order valence-electron chi connectivity index (χ3n) is 5.88. The topological polar surface area (TPSA) is 179 Å². The van der Waals surface area contributed by atoms with Gasteiger partial charge in [-0.1, -0.05) is 50.6 Å². The lowest BCUT2D eigenvalue weighted by atomic mass is 9.98. The molecule has 0 aliphatic rings. The highest BCUT2D eigenvalue weighted by atomic mass is 32.1. The predicted octanol–water partition coefficient (Wildman–Crippen LogP) is 0.0371. The fourth-order valence-electron chi connectivity index (χ4n) is 3.39. The number of rotatable bonds is 14. The number of thiol groups is 1. The highest BCUT2D eigenvalue weighted by molar-refractivity contribution is 7.80. The Morgan fingerprint density at radius 1 is 1.00 bits per heavy atom. The molecule has 11 nitrogen and oxygen atoms in total. The van der Waals surface area contributed by atoms with Crippen LogP contribution in [0.15, 0.2) is 42.9 Å². The van der Waals surface area contributed by atoms with Crippen molar-refractivity contribution >= 4 is 36.3 Å². The average molecular weight is 519 g/mol. The van der Waals surface area contributed by atoms with E-state index in [9.17, 15) is 24.3 Å². The van der Waals surface area contributed by atoms with Crippen molar-refractivity contribution in [2.45, 2.75) is 57.3 Å². The lowest BCUT2D eigenvalue weighted by molar-refractivity contribution is -0.142. The Bertz CT molecular complexity index is 1000. The van der Waals surface area contributed by atoms with Gasteiger partial charge in [0.15, 0.2) is 0 Å². The summed E-state index contributed by atoms with van der Waals surface area (Å²) in [5, 5.41) is 17.3. The first-order valence-corrected chi connectivity index (χ1v) is 12.3. The molecule has 12 heteroatoms. The third-order valence-corrected chi connectivity index (χ3v) is 6.25. The fourth-order valence-corrected chi connectivity index (χ4v) is 3.65. The first kappa shape index (κ1) is 28.9. The van der Waals surface area contributed by atoms with Crippen molar-refractivity contribution in [2.24, 2.45) is 11.7 Å². The summed E-state index contributed by atoms with van der Waals surface area (Å²) in [6.07, 6.45) is 3.80. The Morgan fingerprint density at radius 3 is 2.17 bits per heavy atom. The number of imidazole rings is 1. The molecule has 7 N–H and O–H groups in total. The number of carbonyl (C=O) groups excluding carboxylic acids is 3. The maximum atomic E-state index is 13.1. The number of hydrogen-bond donors (Lipinski definition) is 7. The number of H-pyrrole nitrogens is 1. The molecule has 2 aromatic rings. The summed E-state index contributed by atoms with van der Waals surface area (Å²) >= 11 is 4.16. The van der Waals surface area contributed by atoms with Crippen molar-refractivity contribution in [1.29, 1.82) is 0 Å². The molecule has 0 bridgehead atoms. The number of benzene rings is 1. The number of nitrogens with one attached hydrogen (secondary N) is 4. The SMILES string of the molecule is CCC(C)C(N)C(=O)NC(Cc1cnc[nH]1)C(=O)NC(CS)C(=O)NC(Cc1ccccc1)C(=O)O. The van der Waals surface area contributed by atoms with E-state index in [0.29, 0.717) is 12.1 Å². The average Bonchev–Trinajstić information content (AvgIpc) is 3.38. The number of aromatic nitrogens is 2. The Kier molecular flexibility index (Phi) is 11.4. The molecule has 36 heavy (non-hydrogen) atoms. The maximum absolute atomic E-state index is 13.1. The van der Waals surface area contributed by atoms with Crippen molar-refractivity contribution in [3.63, 3.8) is 0 Å². The summed E-state index contributed by atoms with van der Waals surface area (Å²) in [6, 6.07) is 4.66. The van der Waals surface area contributed by atoms with Crippen molar-refractivity contribution < 1.29 is 24.3 Å². The van der Waals surface area contributed by atoms with Crippen LogP contribution in [-0.4, -0.2) is 68.7 Å². The van der Waals surface area contributed by atoms with Crippen LogP contribution in [0.2, 0.25) is 0 Å². The van der Waals surface area contributed by atoms with Crippen molar-refractivity contribution in [3.05, 3.63) is 54.1 Å². The first-order valence-electron chi connectivity index (χ1n) is 11.7. The quantitative estimate of drug-likeness (QED) is 0.172. The van der Waals surface area contributed by atoms with Crippen LogP contribution in [0.3, 0.4) is 0 Å². The molecule has 0 saturated carbocycles. The first-order chi connectivity index (χ1) is 17.2. The number of aliphatic carboxylic acids is 1. The van der Waals surface area contributed by atoms with E-state index >= 15 is 0 Å². The standard InChI is InChI=1S/C24H34N6O5S/c1-3-14(2)20(25)23(33)28-17(10-16-11-26-13-27-16)21(31)30-19(12-36)22(32)29-18(24(34)35)9-15-7-5-4-6-8-15/h4-8,11,13-14,17-20,36H,3,9-10,12,25H2,1-2H3,(H,26,27)(H,28,33)(H,29,32)(H,30,31)(H,34,35). The molecule has 1 heterocycles. The number of carboxylic acid groups (broad SMARTS) is 1. The van der Waals surface area contributed by atoms with Crippen LogP contribution in [-0.2, 0) is 32.0 Å². The second-order valence-electron chi connectivity index (χ2n) is 8.59. The van der Waals surface area contributed by atoms with Gasteiger partial charge in [0.2, 0.25) is 17.7 Å². The second kappa shape index (κ2) is 14.2. The van der Waals surface area contributed by atoms with Crippen LogP contribution in [0.25, 0.3) is 0 Å². The van der Waals surface area contributed by atoms with Gasteiger partial charge < -0.3 is 31.8 Å². The summed E-state index contributed by atoms with van der Waals surface area (Å²) < 4.78 is 0. The molecular weight excluding hydrogens is 484 g/mol. The molecule has 0 radical (unpaired) electrons. The van der Waals surface area contributed by atoms with Gasteiger partial charge in [-0.2, -0.15) is 12.6 Å². The molecule has 0 fully saturated rings. The van der Waals surface area contributed by atoms with Crippen molar-refractivity contribution in [2.75, 3.05) is 5.75 Å². The largest absolute Gasteiger partial charge is 0.480 e. The van der Waals surface area contributed by atoms with E-state index < -0.39 is 47.9 Å².